The highest BCUT2D eigenvalue weighted by molar-refractivity contribution is 6.05. The van der Waals surface area contributed by atoms with Gasteiger partial charge >= 0.3 is 0 Å². The molecular formula is C25H23FN2O4. The minimum Gasteiger partial charge on any atom is -0.493 e. The minimum absolute atomic E-state index is 0.237. The number of nitrogens with one attached hydrogen (secondary N) is 2. The van der Waals surface area contributed by atoms with Gasteiger partial charge in [0, 0.05) is 16.9 Å². The lowest BCUT2D eigenvalue weighted by Gasteiger charge is -2.12. The summed E-state index contributed by atoms with van der Waals surface area (Å²) >= 11 is 0. The summed E-state index contributed by atoms with van der Waals surface area (Å²) < 4.78 is 24.2. The molecule has 0 spiro atoms. The Bertz CT molecular complexity index is 1140. The number of amides is 2. The molecule has 0 unspecified atom stereocenters. The number of hydrogen-bond acceptors (Lipinski definition) is 4. The van der Waals surface area contributed by atoms with Crippen molar-refractivity contribution in [3.8, 4) is 11.5 Å². The average Bonchev–Trinajstić information content (AvgIpc) is 2.78. The van der Waals surface area contributed by atoms with Crippen LogP contribution in [-0.4, -0.2) is 25.5 Å². The number of benzene rings is 3. The third-order valence-corrected chi connectivity index (χ3v) is 4.40. The minimum atomic E-state index is -0.447. The van der Waals surface area contributed by atoms with Gasteiger partial charge in [0.05, 0.1) is 7.11 Å². The summed E-state index contributed by atoms with van der Waals surface area (Å²) in [5, 5.41) is 5.31. The van der Waals surface area contributed by atoms with Crippen LogP contribution in [0.2, 0.25) is 0 Å². The number of allylic oxidation sites excluding steroid dienone is 1. The second-order valence-corrected chi connectivity index (χ2v) is 6.79. The summed E-state index contributed by atoms with van der Waals surface area (Å²) in [6, 6.07) is 17.4. The van der Waals surface area contributed by atoms with E-state index in [2.05, 4.69) is 10.6 Å². The molecule has 0 heterocycles. The Morgan fingerprint density at radius 1 is 0.938 bits per heavy atom. The summed E-state index contributed by atoms with van der Waals surface area (Å²) in [6.45, 7) is 1.68. The van der Waals surface area contributed by atoms with E-state index in [1.165, 1.54) is 31.4 Å². The Balaban J connectivity index is 1.60. The Morgan fingerprint density at radius 2 is 1.69 bits per heavy atom. The summed E-state index contributed by atoms with van der Waals surface area (Å²) in [5.41, 5.74) is 2.04. The molecule has 0 saturated carbocycles. The maximum atomic E-state index is 13.3. The van der Waals surface area contributed by atoms with Gasteiger partial charge < -0.3 is 20.1 Å². The van der Waals surface area contributed by atoms with Crippen molar-refractivity contribution in [1.82, 2.24) is 0 Å². The van der Waals surface area contributed by atoms with Crippen molar-refractivity contribution in [3.05, 3.63) is 89.8 Å². The van der Waals surface area contributed by atoms with Crippen molar-refractivity contribution >= 4 is 29.3 Å². The van der Waals surface area contributed by atoms with E-state index < -0.39 is 17.6 Å². The highest BCUT2D eigenvalue weighted by atomic mass is 19.1. The molecule has 164 valence electrons. The van der Waals surface area contributed by atoms with Crippen LogP contribution in [0.4, 0.5) is 15.8 Å². The molecular weight excluding hydrogens is 411 g/mol. The first-order valence-corrected chi connectivity index (χ1v) is 9.89. The zero-order valence-corrected chi connectivity index (χ0v) is 17.7. The monoisotopic (exact) mass is 434 g/mol. The van der Waals surface area contributed by atoms with Gasteiger partial charge in [-0.2, -0.15) is 0 Å². The maximum absolute atomic E-state index is 13.3. The Labute approximate surface area is 185 Å². The van der Waals surface area contributed by atoms with Gasteiger partial charge in [0.15, 0.2) is 18.1 Å². The van der Waals surface area contributed by atoms with Crippen molar-refractivity contribution in [2.75, 3.05) is 24.4 Å². The van der Waals surface area contributed by atoms with Gasteiger partial charge in [0.2, 0.25) is 0 Å². The van der Waals surface area contributed by atoms with Crippen LogP contribution in [-0.2, 0) is 4.79 Å². The normalized spacial score (nSPS) is 10.6. The van der Waals surface area contributed by atoms with Crippen LogP contribution in [0.25, 0.3) is 6.08 Å². The van der Waals surface area contributed by atoms with E-state index in [4.69, 9.17) is 9.47 Å². The van der Waals surface area contributed by atoms with Crippen molar-refractivity contribution in [2.45, 2.75) is 6.92 Å². The Kier molecular flexibility index (Phi) is 7.59. The smallest absolute Gasteiger partial charge is 0.262 e. The predicted molar refractivity (Wildman–Crippen MR) is 123 cm³/mol. The fourth-order valence-corrected chi connectivity index (χ4v) is 2.95. The molecule has 2 amide bonds. The zero-order valence-electron chi connectivity index (χ0n) is 17.7. The second kappa shape index (κ2) is 10.8. The standard InChI is InChI=1S/C25H23FN2O4/c1-3-6-17-11-12-22(23(13-17)31-2)32-16-24(29)27-20-9-4-7-18(14-20)25(30)28-21-10-5-8-19(26)15-21/h3-15H,16H2,1-2H3,(H,27,29)(H,28,30). The van der Waals surface area contributed by atoms with Gasteiger partial charge in [-0.3, -0.25) is 9.59 Å². The van der Waals surface area contributed by atoms with E-state index in [1.54, 1.807) is 30.3 Å². The summed E-state index contributed by atoms with van der Waals surface area (Å²) in [4.78, 5) is 24.8. The molecule has 0 atom stereocenters. The number of methoxy groups -OCH3 is 1. The molecule has 6 nitrogen and oxygen atoms in total. The van der Waals surface area contributed by atoms with Crippen LogP contribution in [0.5, 0.6) is 11.5 Å². The molecule has 0 aliphatic heterocycles. The SMILES string of the molecule is CC=Cc1ccc(OCC(=O)Nc2cccc(C(=O)Nc3cccc(F)c3)c2)c(OC)c1. The van der Waals surface area contributed by atoms with Gasteiger partial charge in [0.25, 0.3) is 11.8 Å². The van der Waals surface area contributed by atoms with E-state index in [1.807, 2.05) is 31.2 Å². The van der Waals surface area contributed by atoms with E-state index in [0.29, 0.717) is 28.4 Å². The molecule has 0 saturated heterocycles. The van der Waals surface area contributed by atoms with Gasteiger partial charge in [-0.15, -0.1) is 0 Å². The van der Waals surface area contributed by atoms with Gasteiger partial charge in [-0.05, 0) is 61.0 Å². The van der Waals surface area contributed by atoms with Crippen LogP contribution in [0.15, 0.2) is 72.8 Å². The molecule has 0 aliphatic rings. The number of hydrogen-bond donors (Lipinski definition) is 2. The molecule has 3 aromatic rings. The van der Waals surface area contributed by atoms with Crippen LogP contribution in [0, 0.1) is 5.82 Å². The Hall–Kier alpha value is -4.13. The second-order valence-electron chi connectivity index (χ2n) is 6.79. The van der Waals surface area contributed by atoms with E-state index in [-0.39, 0.29) is 6.61 Å². The van der Waals surface area contributed by atoms with Gasteiger partial charge in [-0.25, -0.2) is 4.39 Å². The molecule has 7 heteroatoms. The number of anilines is 2. The molecule has 3 rings (SSSR count). The lowest BCUT2D eigenvalue weighted by molar-refractivity contribution is -0.118. The number of rotatable bonds is 8. The summed E-state index contributed by atoms with van der Waals surface area (Å²) in [5.74, 6) is -0.304. The molecule has 2 N–H and O–H groups in total. The molecule has 0 radical (unpaired) electrons. The van der Waals surface area contributed by atoms with E-state index in [0.717, 1.165) is 5.56 Å². The van der Waals surface area contributed by atoms with E-state index in [9.17, 15) is 14.0 Å². The first-order valence-electron chi connectivity index (χ1n) is 9.89. The summed E-state index contributed by atoms with van der Waals surface area (Å²) in [7, 11) is 1.53. The Morgan fingerprint density at radius 3 is 2.41 bits per heavy atom. The topological polar surface area (TPSA) is 76.7 Å². The number of halogens is 1. The third kappa shape index (κ3) is 6.18. The molecule has 0 fully saturated rings. The maximum Gasteiger partial charge on any atom is 0.262 e. The first kappa shape index (κ1) is 22.6. The lowest BCUT2D eigenvalue weighted by Crippen LogP contribution is -2.20. The quantitative estimate of drug-likeness (QED) is 0.515. The largest absolute Gasteiger partial charge is 0.493 e. The molecule has 0 aromatic heterocycles. The fraction of sp³-hybridized carbons (Fsp3) is 0.120. The van der Waals surface area contributed by atoms with Crippen LogP contribution in [0.1, 0.15) is 22.8 Å². The predicted octanol–water partition coefficient (Wildman–Crippen LogP) is 5.14. The van der Waals surface area contributed by atoms with Crippen LogP contribution >= 0.6 is 0 Å². The summed E-state index contributed by atoms with van der Waals surface area (Å²) in [6.07, 6.45) is 3.84. The average molecular weight is 434 g/mol. The highest BCUT2D eigenvalue weighted by Crippen LogP contribution is 2.28. The van der Waals surface area contributed by atoms with Gasteiger partial charge in [-0.1, -0.05) is 30.4 Å². The van der Waals surface area contributed by atoms with Crippen molar-refractivity contribution in [3.63, 3.8) is 0 Å². The number of carbonyl (C=O) groups is 2. The third-order valence-electron chi connectivity index (χ3n) is 4.40. The molecule has 0 aliphatic carbocycles. The fourth-order valence-electron chi connectivity index (χ4n) is 2.95. The van der Waals surface area contributed by atoms with E-state index >= 15 is 0 Å². The molecule has 32 heavy (non-hydrogen) atoms. The zero-order chi connectivity index (χ0) is 22.9. The van der Waals surface area contributed by atoms with Gasteiger partial charge in [0.1, 0.15) is 5.82 Å². The van der Waals surface area contributed by atoms with Crippen molar-refractivity contribution < 1.29 is 23.5 Å². The molecule has 0 bridgehead atoms. The first-order chi connectivity index (χ1) is 15.5. The van der Waals surface area contributed by atoms with Crippen molar-refractivity contribution in [2.24, 2.45) is 0 Å². The number of carbonyl (C=O) groups excluding carboxylic acids is 2. The highest BCUT2D eigenvalue weighted by Gasteiger charge is 2.11. The van der Waals surface area contributed by atoms with Crippen LogP contribution in [0.3, 0.4) is 0 Å². The number of ether oxygens (including phenoxy) is 2. The van der Waals surface area contributed by atoms with Crippen molar-refractivity contribution in [1.29, 1.82) is 0 Å². The lowest BCUT2D eigenvalue weighted by atomic mass is 10.1. The molecule has 3 aromatic carbocycles. The van der Waals surface area contributed by atoms with Crippen LogP contribution < -0.4 is 20.1 Å².